The molecule has 1 aromatic carbocycles. The van der Waals surface area contributed by atoms with E-state index in [4.69, 9.17) is 9.63 Å². The van der Waals surface area contributed by atoms with Crippen molar-refractivity contribution in [2.24, 2.45) is 0 Å². The van der Waals surface area contributed by atoms with E-state index in [0.717, 1.165) is 12.1 Å². The van der Waals surface area contributed by atoms with Gasteiger partial charge >= 0.3 is 0 Å². The van der Waals surface area contributed by atoms with E-state index in [1.54, 1.807) is 0 Å². The van der Waals surface area contributed by atoms with Gasteiger partial charge in [0, 0.05) is 12.1 Å². The van der Waals surface area contributed by atoms with Crippen LogP contribution in [0.3, 0.4) is 0 Å². The van der Waals surface area contributed by atoms with Crippen LogP contribution in [0.5, 0.6) is 0 Å². The largest absolute Gasteiger partial charge is 0.387 e. The number of benzene rings is 1. The second kappa shape index (κ2) is 6.15. The SMILES string of the molecule is OCc1nc(-c2cccc(CN3CCCCC3)c2)no1. The van der Waals surface area contributed by atoms with Crippen LogP contribution in [0.15, 0.2) is 28.8 Å². The molecule has 0 saturated carbocycles. The minimum Gasteiger partial charge on any atom is -0.387 e. The van der Waals surface area contributed by atoms with E-state index >= 15 is 0 Å². The van der Waals surface area contributed by atoms with Crippen molar-refractivity contribution in [3.8, 4) is 11.4 Å². The van der Waals surface area contributed by atoms with Crippen LogP contribution in [0, 0.1) is 0 Å². The Morgan fingerprint density at radius 2 is 2.05 bits per heavy atom. The Hall–Kier alpha value is -1.72. The van der Waals surface area contributed by atoms with Gasteiger partial charge in [0.2, 0.25) is 5.82 Å². The zero-order valence-electron chi connectivity index (χ0n) is 11.5. The lowest BCUT2D eigenvalue weighted by Gasteiger charge is -2.26. The summed E-state index contributed by atoms with van der Waals surface area (Å²) in [5.74, 6) is 0.788. The maximum Gasteiger partial charge on any atom is 0.252 e. The third-order valence-corrected chi connectivity index (χ3v) is 3.64. The summed E-state index contributed by atoms with van der Waals surface area (Å²) in [5.41, 5.74) is 2.20. The first-order valence-corrected chi connectivity index (χ1v) is 7.10. The average molecular weight is 273 g/mol. The predicted octanol–water partition coefficient (Wildman–Crippen LogP) is 2.21. The fraction of sp³-hybridized carbons (Fsp3) is 0.467. The zero-order chi connectivity index (χ0) is 13.8. The van der Waals surface area contributed by atoms with Crippen molar-refractivity contribution in [2.75, 3.05) is 13.1 Å². The molecule has 0 unspecified atom stereocenters. The molecule has 0 spiro atoms. The number of aliphatic hydroxyl groups excluding tert-OH is 1. The van der Waals surface area contributed by atoms with E-state index in [1.807, 2.05) is 12.1 Å². The fourth-order valence-corrected chi connectivity index (χ4v) is 2.62. The van der Waals surface area contributed by atoms with E-state index < -0.39 is 0 Å². The number of nitrogens with zero attached hydrogens (tertiary/aromatic N) is 3. The molecule has 1 saturated heterocycles. The Balaban J connectivity index is 1.74. The highest BCUT2D eigenvalue weighted by atomic mass is 16.5. The number of piperidine rings is 1. The first-order valence-electron chi connectivity index (χ1n) is 7.10. The number of hydrogen-bond donors (Lipinski definition) is 1. The highest BCUT2D eigenvalue weighted by Crippen LogP contribution is 2.19. The molecule has 1 fully saturated rings. The Bertz CT molecular complexity index is 562. The number of aliphatic hydroxyl groups is 1. The lowest BCUT2D eigenvalue weighted by atomic mass is 10.1. The smallest absolute Gasteiger partial charge is 0.252 e. The van der Waals surface area contributed by atoms with Gasteiger partial charge in [0.25, 0.3) is 5.89 Å². The molecule has 0 radical (unpaired) electrons. The lowest BCUT2D eigenvalue weighted by Crippen LogP contribution is -2.29. The van der Waals surface area contributed by atoms with Crippen LogP contribution in [0.4, 0.5) is 0 Å². The Morgan fingerprint density at radius 1 is 1.20 bits per heavy atom. The number of hydrogen-bond acceptors (Lipinski definition) is 5. The molecule has 0 aliphatic carbocycles. The molecular formula is C15H19N3O2. The second-order valence-corrected chi connectivity index (χ2v) is 5.21. The summed E-state index contributed by atoms with van der Waals surface area (Å²) >= 11 is 0. The molecule has 2 aromatic rings. The molecule has 2 heterocycles. The summed E-state index contributed by atoms with van der Waals surface area (Å²) in [6, 6.07) is 8.21. The topological polar surface area (TPSA) is 62.4 Å². The molecule has 1 aromatic heterocycles. The van der Waals surface area contributed by atoms with Crippen LogP contribution in [0.25, 0.3) is 11.4 Å². The predicted molar refractivity (Wildman–Crippen MR) is 74.8 cm³/mol. The summed E-state index contributed by atoms with van der Waals surface area (Å²) in [5, 5.41) is 12.9. The van der Waals surface area contributed by atoms with Gasteiger partial charge in [-0.25, -0.2) is 0 Å². The van der Waals surface area contributed by atoms with Gasteiger partial charge in [-0.05, 0) is 37.6 Å². The van der Waals surface area contributed by atoms with Gasteiger partial charge in [-0.3, -0.25) is 4.90 Å². The summed E-state index contributed by atoms with van der Waals surface area (Å²) < 4.78 is 4.94. The van der Waals surface area contributed by atoms with E-state index in [-0.39, 0.29) is 12.5 Å². The van der Waals surface area contributed by atoms with E-state index in [0.29, 0.717) is 5.82 Å². The van der Waals surface area contributed by atoms with Crippen molar-refractivity contribution in [3.05, 3.63) is 35.7 Å². The standard InChI is InChI=1S/C15H19N3O2/c19-11-14-16-15(17-20-14)13-6-4-5-12(9-13)10-18-7-2-1-3-8-18/h4-6,9,19H,1-3,7-8,10-11H2. The van der Waals surface area contributed by atoms with Gasteiger partial charge in [-0.2, -0.15) is 4.98 Å². The van der Waals surface area contributed by atoms with Crippen molar-refractivity contribution in [1.29, 1.82) is 0 Å². The lowest BCUT2D eigenvalue weighted by molar-refractivity contribution is 0.221. The number of aromatic nitrogens is 2. The summed E-state index contributed by atoms with van der Waals surface area (Å²) in [6.45, 7) is 3.11. The average Bonchev–Trinajstić information content (AvgIpc) is 2.98. The molecule has 5 heteroatoms. The highest BCUT2D eigenvalue weighted by molar-refractivity contribution is 5.55. The normalized spacial score (nSPS) is 16.4. The first-order chi connectivity index (χ1) is 9.85. The monoisotopic (exact) mass is 273 g/mol. The van der Waals surface area contributed by atoms with Crippen LogP contribution < -0.4 is 0 Å². The Morgan fingerprint density at radius 3 is 2.80 bits per heavy atom. The van der Waals surface area contributed by atoms with Crippen LogP contribution in [-0.2, 0) is 13.2 Å². The molecule has 0 bridgehead atoms. The fourth-order valence-electron chi connectivity index (χ4n) is 2.62. The molecule has 0 amide bonds. The third kappa shape index (κ3) is 3.05. The number of likely N-dealkylation sites (tertiary alicyclic amines) is 1. The second-order valence-electron chi connectivity index (χ2n) is 5.21. The minimum atomic E-state index is -0.222. The molecule has 3 rings (SSSR count). The first kappa shape index (κ1) is 13.3. The van der Waals surface area contributed by atoms with Gasteiger partial charge in [-0.15, -0.1) is 0 Å². The van der Waals surface area contributed by atoms with E-state index in [2.05, 4.69) is 27.2 Å². The van der Waals surface area contributed by atoms with Crippen molar-refractivity contribution < 1.29 is 9.63 Å². The summed E-state index contributed by atoms with van der Waals surface area (Å²) in [6.07, 6.45) is 3.94. The molecular weight excluding hydrogens is 254 g/mol. The van der Waals surface area contributed by atoms with Gasteiger partial charge in [-0.1, -0.05) is 29.8 Å². The van der Waals surface area contributed by atoms with Crippen molar-refractivity contribution in [3.63, 3.8) is 0 Å². The van der Waals surface area contributed by atoms with Crippen LogP contribution in [0.2, 0.25) is 0 Å². The Kier molecular flexibility index (Phi) is 4.08. The third-order valence-electron chi connectivity index (χ3n) is 3.64. The van der Waals surface area contributed by atoms with Crippen LogP contribution in [0.1, 0.15) is 30.7 Å². The highest BCUT2D eigenvalue weighted by Gasteiger charge is 2.12. The van der Waals surface area contributed by atoms with Crippen molar-refractivity contribution in [2.45, 2.75) is 32.4 Å². The molecule has 20 heavy (non-hydrogen) atoms. The van der Waals surface area contributed by atoms with Crippen LogP contribution >= 0.6 is 0 Å². The molecule has 0 atom stereocenters. The van der Waals surface area contributed by atoms with Crippen molar-refractivity contribution in [1.82, 2.24) is 15.0 Å². The molecule has 1 N–H and O–H groups in total. The summed E-state index contributed by atoms with van der Waals surface area (Å²) in [7, 11) is 0. The quantitative estimate of drug-likeness (QED) is 0.925. The van der Waals surface area contributed by atoms with Gasteiger partial charge in [0.05, 0.1) is 0 Å². The molecule has 1 aliphatic rings. The van der Waals surface area contributed by atoms with Crippen molar-refractivity contribution >= 4 is 0 Å². The zero-order valence-corrected chi connectivity index (χ0v) is 11.5. The maximum atomic E-state index is 8.97. The van der Waals surface area contributed by atoms with Gasteiger partial charge < -0.3 is 9.63 Å². The summed E-state index contributed by atoms with van der Waals surface area (Å²) in [4.78, 5) is 6.63. The molecule has 5 nitrogen and oxygen atoms in total. The van der Waals surface area contributed by atoms with Gasteiger partial charge in [0.15, 0.2) is 0 Å². The van der Waals surface area contributed by atoms with E-state index in [9.17, 15) is 0 Å². The van der Waals surface area contributed by atoms with Gasteiger partial charge in [0.1, 0.15) is 6.61 Å². The van der Waals surface area contributed by atoms with E-state index in [1.165, 1.54) is 37.9 Å². The minimum absolute atomic E-state index is 0.222. The number of rotatable bonds is 4. The molecule has 106 valence electrons. The van der Waals surface area contributed by atoms with Crippen LogP contribution in [-0.4, -0.2) is 33.2 Å². The maximum absolute atomic E-state index is 8.97. The molecule has 1 aliphatic heterocycles. The Labute approximate surface area is 118 Å².